The Hall–Kier alpha value is -0.380. The van der Waals surface area contributed by atoms with Crippen LogP contribution in [0.3, 0.4) is 0 Å². The summed E-state index contributed by atoms with van der Waals surface area (Å²) in [7, 11) is 0. The van der Waals surface area contributed by atoms with Crippen LogP contribution in [-0.2, 0) is 11.3 Å². The first-order valence-corrected chi connectivity index (χ1v) is 8.13. The third-order valence-electron chi connectivity index (χ3n) is 3.85. The molecule has 0 radical (unpaired) electrons. The van der Waals surface area contributed by atoms with Crippen LogP contribution in [0, 0.1) is 5.92 Å². The monoisotopic (exact) mass is 267 g/mol. The lowest BCUT2D eigenvalue weighted by Crippen LogP contribution is -2.30. The Bertz CT molecular complexity index is 312. The Kier molecular flexibility index (Phi) is 6.18. The number of hydrogen-bond acceptors (Lipinski definition) is 3. The molecule has 1 N–H and O–H groups in total. The van der Waals surface area contributed by atoms with Crippen LogP contribution in [-0.4, -0.2) is 19.3 Å². The van der Waals surface area contributed by atoms with E-state index < -0.39 is 0 Å². The molecule has 0 spiro atoms. The lowest BCUT2D eigenvalue weighted by molar-refractivity contribution is -0.0103. The average Bonchev–Trinajstić information content (AvgIpc) is 2.92. The fourth-order valence-corrected chi connectivity index (χ4v) is 3.44. The summed E-state index contributed by atoms with van der Waals surface area (Å²) in [6.07, 6.45) is 7.17. The molecular weight excluding hydrogens is 242 g/mol. The first kappa shape index (κ1) is 14.0. The third-order valence-corrected chi connectivity index (χ3v) is 4.73. The summed E-state index contributed by atoms with van der Waals surface area (Å²) >= 11 is 1.81. The smallest absolute Gasteiger partial charge is 0.0603 e. The lowest BCUT2D eigenvalue weighted by atomic mass is 9.85. The van der Waals surface area contributed by atoms with Crippen LogP contribution < -0.4 is 5.32 Å². The van der Waals surface area contributed by atoms with Crippen molar-refractivity contribution in [2.75, 3.05) is 13.2 Å². The van der Waals surface area contributed by atoms with Gasteiger partial charge in [-0.15, -0.1) is 11.3 Å². The van der Waals surface area contributed by atoms with Crippen LogP contribution in [0.1, 0.15) is 43.9 Å². The van der Waals surface area contributed by atoms with E-state index in [2.05, 4.69) is 29.8 Å². The summed E-state index contributed by atoms with van der Waals surface area (Å²) in [5, 5.41) is 5.57. The van der Waals surface area contributed by atoms with Gasteiger partial charge >= 0.3 is 0 Å². The molecule has 0 amide bonds. The molecule has 1 fully saturated rings. The quantitative estimate of drug-likeness (QED) is 0.758. The molecule has 1 saturated carbocycles. The summed E-state index contributed by atoms with van der Waals surface area (Å²) in [6.45, 7) is 5.08. The second-order valence-corrected chi connectivity index (χ2v) is 6.15. The van der Waals surface area contributed by atoms with Crippen molar-refractivity contribution in [2.45, 2.75) is 51.7 Å². The van der Waals surface area contributed by atoms with E-state index in [-0.39, 0.29) is 0 Å². The summed E-state index contributed by atoms with van der Waals surface area (Å²) in [4.78, 5) is 1.40. The average molecular weight is 267 g/mol. The van der Waals surface area contributed by atoms with E-state index >= 15 is 0 Å². The minimum Gasteiger partial charge on any atom is -0.377 e. The Morgan fingerprint density at radius 1 is 1.39 bits per heavy atom. The molecule has 0 saturated heterocycles. The van der Waals surface area contributed by atoms with Gasteiger partial charge in [-0.05, 0) is 30.2 Å². The van der Waals surface area contributed by atoms with Crippen molar-refractivity contribution >= 4 is 11.3 Å². The maximum absolute atomic E-state index is 6.05. The van der Waals surface area contributed by atoms with Crippen molar-refractivity contribution in [1.29, 1.82) is 0 Å². The van der Waals surface area contributed by atoms with Gasteiger partial charge in [-0.1, -0.05) is 32.3 Å². The minimum absolute atomic E-state index is 0.521. The molecule has 1 heterocycles. The van der Waals surface area contributed by atoms with Gasteiger partial charge in [-0.3, -0.25) is 0 Å². The number of nitrogens with one attached hydrogen (secondary N) is 1. The summed E-state index contributed by atoms with van der Waals surface area (Å²) < 4.78 is 6.05. The molecular formula is C15H25NOS. The van der Waals surface area contributed by atoms with Crippen LogP contribution >= 0.6 is 11.3 Å². The zero-order valence-corrected chi connectivity index (χ0v) is 12.2. The normalized spacial score (nSPS) is 24.3. The van der Waals surface area contributed by atoms with E-state index in [1.165, 1.54) is 37.0 Å². The van der Waals surface area contributed by atoms with Crippen LogP contribution in [0.4, 0.5) is 0 Å². The van der Waals surface area contributed by atoms with E-state index in [9.17, 15) is 0 Å². The van der Waals surface area contributed by atoms with Gasteiger partial charge < -0.3 is 10.1 Å². The molecule has 2 nitrogen and oxygen atoms in total. The van der Waals surface area contributed by atoms with Crippen LogP contribution in [0.25, 0.3) is 0 Å². The second kappa shape index (κ2) is 7.93. The number of ether oxygens (including phenoxy) is 1. The highest BCUT2D eigenvalue weighted by Crippen LogP contribution is 2.28. The van der Waals surface area contributed by atoms with Crippen molar-refractivity contribution in [3.05, 3.63) is 22.4 Å². The molecule has 2 rings (SSSR count). The highest BCUT2D eigenvalue weighted by atomic mass is 32.1. The van der Waals surface area contributed by atoms with Crippen LogP contribution in [0.2, 0.25) is 0 Å². The largest absolute Gasteiger partial charge is 0.377 e. The number of hydrogen-bond donors (Lipinski definition) is 1. The zero-order valence-electron chi connectivity index (χ0n) is 11.4. The molecule has 2 atom stereocenters. The van der Waals surface area contributed by atoms with Crippen molar-refractivity contribution in [2.24, 2.45) is 5.92 Å². The van der Waals surface area contributed by atoms with Gasteiger partial charge in [0.1, 0.15) is 0 Å². The Morgan fingerprint density at radius 3 is 3.06 bits per heavy atom. The van der Waals surface area contributed by atoms with E-state index in [1.807, 2.05) is 11.3 Å². The molecule has 0 bridgehead atoms. The van der Waals surface area contributed by atoms with E-state index in [0.29, 0.717) is 6.10 Å². The molecule has 102 valence electrons. The zero-order chi connectivity index (χ0) is 12.6. The molecule has 1 aliphatic rings. The molecule has 1 aromatic heterocycles. The van der Waals surface area contributed by atoms with Crippen molar-refractivity contribution in [1.82, 2.24) is 5.32 Å². The third kappa shape index (κ3) is 4.38. The Balaban J connectivity index is 1.57. The highest BCUT2D eigenvalue weighted by Gasteiger charge is 2.23. The van der Waals surface area contributed by atoms with Crippen LogP contribution in [0.5, 0.6) is 0 Å². The maximum atomic E-state index is 6.05. The molecule has 0 aromatic carbocycles. The summed E-state index contributed by atoms with van der Waals surface area (Å²) in [5.74, 6) is 0.802. The maximum Gasteiger partial charge on any atom is 0.0603 e. The topological polar surface area (TPSA) is 21.3 Å². The van der Waals surface area contributed by atoms with E-state index in [0.717, 1.165) is 25.6 Å². The summed E-state index contributed by atoms with van der Waals surface area (Å²) in [5.41, 5.74) is 0. The Labute approximate surface area is 115 Å². The molecule has 2 unspecified atom stereocenters. The lowest BCUT2D eigenvalue weighted by Gasteiger charge is -2.30. The van der Waals surface area contributed by atoms with Crippen molar-refractivity contribution in [3.63, 3.8) is 0 Å². The molecule has 18 heavy (non-hydrogen) atoms. The standard InChI is InChI=1S/C15H25NOS/c1-2-13-6-3-4-8-15(13)17-10-9-16-12-14-7-5-11-18-14/h5,7,11,13,15-16H,2-4,6,8-10,12H2,1H3. The first-order chi connectivity index (χ1) is 8.90. The van der Waals surface area contributed by atoms with E-state index in [4.69, 9.17) is 4.74 Å². The Morgan fingerprint density at radius 2 is 2.28 bits per heavy atom. The SMILES string of the molecule is CCC1CCCCC1OCCNCc1cccs1. The fourth-order valence-electron chi connectivity index (χ4n) is 2.77. The van der Waals surface area contributed by atoms with Crippen molar-refractivity contribution < 1.29 is 4.74 Å². The van der Waals surface area contributed by atoms with Crippen LogP contribution in [0.15, 0.2) is 17.5 Å². The number of thiophene rings is 1. The molecule has 1 aliphatic carbocycles. The predicted molar refractivity (Wildman–Crippen MR) is 78.0 cm³/mol. The number of rotatable bonds is 7. The van der Waals surface area contributed by atoms with Gasteiger partial charge in [0.2, 0.25) is 0 Å². The molecule has 0 aliphatic heterocycles. The van der Waals surface area contributed by atoms with E-state index in [1.54, 1.807) is 0 Å². The van der Waals surface area contributed by atoms with Gasteiger partial charge in [0.05, 0.1) is 12.7 Å². The first-order valence-electron chi connectivity index (χ1n) is 7.25. The van der Waals surface area contributed by atoms with Gasteiger partial charge in [0.15, 0.2) is 0 Å². The second-order valence-electron chi connectivity index (χ2n) is 5.12. The molecule has 3 heteroatoms. The van der Waals surface area contributed by atoms with Gasteiger partial charge in [0, 0.05) is 18.0 Å². The van der Waals surface area contributed by atoms with Gasteiger partial charge in [-0.2, -0.15) is 0 Å². The van der Waals surface area contributed by atoms with Crippen molar-refractivity contribution in [3.8, 4) is 0 Å². The predicted octanol–water partition coefficient (Wildman–Crippen LogP) is 3.82. The summed E-state index contributed by atoms with van der Waals surface area (Å²) in [6, 6.07) is 4.28. The fraction of sp³-hybridized carbons (Fsp3) is 0.733. The highest BCUT2D eigenvalue weighted by molar-refractivity contribution is 7.09. The van der Waals surface area contributed by atoms with Gasteiger partial charge in [0.25, 0.3) is 0 Å². The van der Waals surface area contributed by atoms with Gasteiger partial charge in [-0.25, -0.2) is 0 Å². The molecule has 1 aromatic rings. The minimum atomic E-state index is 0.521.